The minimum Gasteiger partial charge on any atom is -0.449 e. The van der Waals surface area contributed by atoms with Crippen molar-refractivity contribution < 1.29 is 23.9 Å². The molecule has 1 fully saturated rings. The van der Waals surface area contributed by atoms with Gasteiger partial charge in [-0.1, -0.05) is 12.1 Å². The highest BCUT2D eigenvalue weighted by molar-refractivity contribution is 6.03. The summed E-state index contributed by atoms with van der Waals surface area (Å²) in [5, 5.41) is 2.27. The SMILES string of the molecule is CC(OC(=O)c1ccc(CC2CC(=O)NC2=O)cc1)C(=O)N(C)C. The molecule has 1 aromatic rings. The number of hydrogen-bond acceptors (Lipinski definition) is 5. The molecule has 1 aliphatic heterocycles. The summed E-state index contributed by atoms with van der Waals surface area (Å²) in [4.78, 5) is 47.8. The predicted octanol–water partition coefficient (Wildman–Crippen LogP) is 0.525. The second-order valence-corrected chi connectivity index (χ2v) is 5.99. The number of imide groups is 1. The number of benzene rings is 1. The molecule has 24 heavy (non-hydrogen) atoms. The summed E-state index contributed by atoms with van der Waals surface area (Å²) in [5.41, 5.74) is 1.17. The molecule has 3 amide bonds. The van der Waals surface area contributed by atoms with Gasteiger partial charge < -0.3 is 9.64 Å². The van der Waals surface area contributed by atoms with Gasteiger partial charge in [-0.05, 0) is 31.0 Å². The summed E-state index contributed by atoms with van der Waals surface area (Å²) in [5.74, 6) is -1.77. The number of nitrogens with one attached hydrogen (secondary N) is 1. The van der Waals surface area contributed by atoms with Gasteiger partial charge >= 0.3 is 5.97 Å². The molecule has 7 heteroatoms. The molecule has 1 heterocycles. The third-order valence-corrected chi connectivity index (χ3v) is 3.81. The van der Waals surface area contributed by atoms with E-state index in [1.54, 1.807) is 38.4 Å². The average Bonchev–Trinajstić information content (AvgIpc) is 2.84. The number of carbonyl (C=O) groups is 4. The summed E-state index contributed by atoms with van der Waals surface area (Å²) in [6, 6.07) is 6.59. The molecule has 0 radical (unpaired) electrons. The lowest BCUT2D eigenvalue weighted by molar-refractivity contribution is -0.137. The van der Waals surface area contributed by atoms with Crippen molar-refractivity contribution in [2.75, 3.05) is 14.1 Å². The van der Waals surface area contributed by atoms with Crippen molar-refractivity contribution >= 4 is 23.7 Å². The van der Waals surface area contributed by atoms with Crippen LogP contribution in [0.5, 0.6) is 0 Å². The van der Waals surface area contributed by atoms with Crippen LogP contribution in [0.3, 0.4) is 0 Å². The Morgan fingerprint density at radius 1 is 1.25 bits per heavy atom. The number of amides is 3. The standard InChI is InChI=1S/C17H20N2O5/c1-10(16(22)19(2)3)24-17(23)12-6-4-11(5-7-12)8-13-9-14(20)18-15(13)21/h4-7,10,13H,8-9H2,1-3H3,(H,18,20,21). The largest absolute Gasteiger partial charge is 0.449 e. The van der Waals surface area contributed by atoms with Gasteiger partial charge in [-0.25, -0.2) is 4.79 Å². The predicted molar refractivity (Wildman–Crippen MR) is 85.0 cm³/mol. The third-order valence-electron chi connectivity index (χ3n) is 3.81. The van der Waals surface area contributed by atoms with Crippen LogP contribution in [0.4, 0.5) is 0 Å². The van der Waals surface area contributed by atoms with E-state index >= 15 is 0 Å². The van der Waals surface area contributed by atoms with Gasteiger partial charge in [-0.15, -0.1) is 0 Å². The van der Waals surface area contributed by atoms with Gasteiger partial charge in [-0.2, -0.15) is 0 Å². The maximum absolute atomic E-state index is 12.0. The highest BCUT2D eigenvalue weighted by Gasteiger charge is 2.30. The second kappa shape index (κ2) is 7.25. The number of ether oxygens (including phenoxy) is 1. The fourth-order valence-electron chi connectivity index (χ4n) is 2.48. The van der Waals surface area contributed by atoms with Crippen molar-refractivity contribution in [1.82, 2.24) is 10.2 Å². The molecule has 0 spiro atoms. The minimum atomic E-state index is -0.861. The number of rotatable bonds is 5. The lowest BCUT2D eigenvalue weighted by Crippen LogP contribution is -2.34. The molecule has 1 aliphatic rings. The summed E-state index contributed by atoms with van der Waals surface area (Å²) in [6.07, 6.45) is -0.241. The van der Waals surface area contributed by atoms with E-state index in [1.807, 2.05) is 0 Å². The van der Waals surface area contributed by atoms with Crippen LogP contribution in [-0.2, 0) is 25.5 Å². The number of likely N-dealkylation sites (N-methyl/N-ethyl adjacent to an activating group) is 1. The van der Waals surface area contributed by atoms with E-state index in [-0.39, 0.29) is 30.1 Å². The zero-order valence-corrected chi connectivity index (χ0v) is 13.9. The van der Waals surface area contributed by atoms with Crippen molar-refractivity contribution in [2.24, 2.45) is 5.92 Å². The molecule has 0 aromatic heterocycles. The van der Waals surface area contributed by atoms with E-state index in [9.17, 15) is 19.2 Å². The van der Waals surface area contributed by atoms with E-state index in [4.69, 9.17) is 4.74 Å². The molecule has 0 bridgehead atoms. The lowest BCUT2D eigenvalue weighted by atomic mass is 9.97. The Balaban J connectivity index is 1.96. The highest BCUT2D eigenvalue weighted by Crippen LogP contribution is 2.18. The summed E-state index contributed by atoms with van der Waals surface area (Å²) in [6.45, 7) is 1.52. The zero-order chi connectivity index (χ0) is 17.9. The normalized spacial score (nSPS) is 18.0. The molecule has 7 nitrogen and oxygen atoms in total. The monoisotopic (exact) mass is 332 g/mol. The summed E-state index contributed by atoms with van der Waals surface area (Å²) in [7, 11) is 3.18. The van der Waals surface area contributed by atoms with Gasteiger partial charge in [0.2, 0.25) is 11.8 Å². The maximum atomic E-state index is 12.0. The van der Waals surface area contributed by atoms with Gasteiger partial charge in [0.25, 0.3) is 5.91 Å². The number of nitrogens with zero attached hydrogens (tertiary/aromatic N) is 1. The Morgan fingerprint density at radius 2 is 1.88 bits per heavy atom. The van der Waals surface area contributed by atoms with Crippen LogP contribution in [0.1, 0.15) is 29.3 Å². The number of hydrogen-bond donors (Lipinski definition) is 1. The average molecular weight is 332 g/mol. The Kier molecular flexibility index (Phi) is 5.33. The number of esters is 1. The first-order valence-electron chi connectivity index (χ1n) is 7.62. The van der Waals surface area contributed by atoms with E-state index in [2.05, 4.69) is 5.32 Å². The fraction of sp³-hybridized carbons (Fsp3) is 0.412. The lowest BCUT2D eigenvalue weighted by Gasteiger charge is -2.17. The Bertz CT molecular complexity index is 666. The van der Waals surface area contributed by atoms with E-state index in [0.29, 0.717) is 12.0 Å². The van der Waals surface area contributed by atoms with Gasteiger partial charge in [0.1, 0.15) is 0 Å². The molecule has 2 atom stereocenters. The Hall–Kier alpha value is -2.70. The molecule has 0 aliphatic carbocycles. The third kappa shape index (κ3) is 4.18. The van der Waals surface area contributed by atoms with Gasteiger partial charge in [0, 0.05) is 20.5 Å². The fourth-order valence-corrected chi connectivity index (χ4v) is 2.48. The molecule has 2 unspecified atom stereocenters. The van der Waals surface area contributed by atoms with Crippen LogP contribution >= 0.6 is 0 Å². The molecule has 128 valence electrons. The summed E-state index contributed by atoms with van der Waals surface area (Å²) < 4.78 is 5.13. The van der Waals surface area contributed by atoms with E-state index < -0.39 is 12.1 Å². The maximum Gasteiger partial charge on any atom is 0.338 e. The molecular weight excluding hydrogens is 312 g/mol. The van der Waals surface area contributed by atoms with Crippen LogP contribution < -0.4 is 5.32 Å². The first kappa shape index (κ1) is 17.7. The van der Waals surface area contributed by atoms with Crippen LogP contribution in [-0.4, -0.2) is 48.8 Å². The van der Waals surface area contributed by atoms with Crippen molar-refractivity contribution in [3.63, 3.8) is 0 Å². The Morgan fingerprint density at radius 3 is 2.38 bits per heavy atom. The number of carbonyl (C=O) groups excluding carboxylic acids is 4. The van der Waals surface area contributed by atoms with Crippen LogP contribution in [0.15, 0.2) is 24.3 Å². The molecule has 1 N–H and O–H groups in total. The topological polar surface area (TPSA) is 92.8 Å². The molecule has 2 rings (SSSR count). The van der Waals surface area contributed by atoms with Crippen molar-refractivity contribution in [1.29, 1.82) is 0 Å². The quantitative estimate of drug-likeness (QED) is 0.627. The smallest absolute Gasteiger partial charge is 0.338 e. The van der Waals surface area contributed by atoms with E-state index in [1.165, 1.54) is 11.8 Å². The molecule has 1 saturated heterocycles. The van der Waals surface area contributed by atoms with Gasteiger partial charge in [-0.3, -0.25) is 19.7 Å². The zero-order valence-electron chi connectivity index (χ0n) is 13.9. The van der Waals surface area contributed by atoms with Crippen molar-refractivity contribution in [2.45, 2.75) is 25.9 Å². The minimum absolute atomic E-state index is 0.187. The molecule has 1 aromatic carbocycles. The van der Waals surface area contributed by atoms with Crippen molar-refractivity contribution in [3.05, 3.63) is 35.4 Å². The van der Waals surface area contributed by atoms with Crippen LogP contribution in [0.25, 0.3) is 0 Å². The van der Waals surface area contributed by atoms with Crippen LogP contribution in [0.2, 0.25) is 0 Å². The van der Waals surface area contributed by atoms with Crippen LogP contribution in [0, 0.1) is 5.92 Å². The second-order valence-electron chi connectivity index (χ2n) is 5.99. The molecule has 0 saturated carbocycles. The molecular formula is C17H20N2O5. The Labute approximate surface area is 140 Å². The van der Waals surface area contributed by atoms with Crippen molar-refractivity contribution in [3.8, 4) is 0 Å². The highest BCUT2D eigenvalue weighted by atomic mass is 16.5. The first-order chi connectivity index (χ1) is 11.3. The van der Waals surface area contributed by atoms with E-state index in [0.717, 1.165) is 5.56 Å². The first-order valence-corrected chi connectivity index (χ1v) is 7.62. The van der Waals surface area contributed by atoms with Gasteiger partial charge in [0.05, 0.1) is 11.5 Å². The summed E-state index contributed by atoms with van der Waals surface area (Å²) >= 11 is 0. The van der Waals surface area contributed by atoms with Gasteiger partial charge in [0.15, 0.2) is 6.10 Å².